The first-order chi connectivity index (χ1) is 13.4. The highest BCUT2D eigenvalue weighted by atomic mass is 79.9. The Morgan fingerprint density at radius 1 is 1.17 bits per heavy atom. The molecule has 2 rings (SSSR count). The van der Waals surface area contributed by atoms with Crippen molar-refractivity contribution in [3.63, 3.8) is 0 Å². The van der Waals surface area contributed by atoms with Crippen LogP contribution in [0, 0.1) is 0 Å². The zero-order valence-corrected chi connectivity index (χ0v) is 19.2. The van der Waals surface area contributed by atoms with Crippen LogP contribution in [0.15, 0.2) is 22.9 Å². The summed E-state index contributed by atoms with van der Waals surface area (Å²) >= 11 is 3.40. The maximum atomic E-state index is 12.8. The van der Waals surface area contributed by atoms with Gasteiger partial charge in [-0.15, -0.1) is 0 Å². The summed E-state index contributed by atoms with van der Waals surface area (Å²) in [5.74, 6) is 0.435. The normalized spacial score (nSPS) is 12.0. The van der Waals surface area contributed by atoms with Gasteiger partial charge in [-0.2, -0.15) is 5.10 Å². The van der Waals surface area contributed by atoms with E-state index in [2.05, 4.69) is 31.3 Å². The van der Waals surface area contributed by atoms with Crippen LogP contribution in [0.3, 0.4) is 0 Å². The lowest BCUT2D eigenvalue weighted by molar-refractivity contribution is 0.0527. The first-order valence-electron chi connectivity index (χ1n) is 9.33. The molecule has 0 aliphatic heterocycles. The minimum atomic E-state index is -0.647. The molecule has 9 nitrogen and oxygen atoms in total. The van der Waals surface area contributed by atoms with Gasteiger partial charge in [0.25, 0.3) is 0 Å². The Morgan fingerprint density at radius 3 is 2.45 bits per heavy atom. The maximum absolute atomic E-state index is 12.8. The van der Waals surface area contributed by atoms with Gasteiger partial charge in [0.1, 0.15) is 17.0 Å². The smallest absolute Gasteiger partial charge is 0.416 e. The molecule has 2 aromatic heterocycles. The fraction of sp³-hybridized carbons (Fsp3) is 0.579. The summed E-state index contributed by atoms with van der Waals surface area (Å²) in [5.41, 5.74) is -0.626. The Bertz CT molecular complexity index is 870. The lowest BCUT2D eigenvalue weighted by atomic mass is 10.2. The van der Waals surface area contributed by atoms with Gasteiger partial charge in [0.05, 0.1) is 10.7 Å². The van der Waals surface area contributed by atoms with Crippen LogP contribution >= 0.6 is 15.9 Å². The summed E-state index contributed by atoms with van der Waals surface area (Å²) < 4.78 is 13.1. The molecule has 160 valence electrons. The number of hydrogen-bond acceptors (Lipinski definition) is 6. The third-order valence-electron chi connectivity index (χ3n) is 3.43. The van der Waals surface area contributed by atoms with E-state index in [1.165, 1.54) is 4.90 Å². The number of carbonyl (C=O) groups is 2. The van der Waals surface area contributed by atoms with E-state index in [1.54, 1.807) is 64.5 Å². The highest BCUT2D eigenvalue weighted by Crippen LogP contribution is 2.21. The molecule has 1 N–H and O–H groups in total. The van der Waals surface area contributed by atoms with Gasteiger partial charge in [-0.3, -0.25) is 4.90 Å². The molecule has 0 bridgehead atoms. The molecule has 29 heavy (non-hydrogen) atoms. The number of anilines is 1. The quantitative estimate of drug-likeness (QED) is 0.660. The number of aromatic nitrogens is 3. The summed E-state index contributed by atoms with van der Waals surface area (Å²) in [6, 6.07) is 1.69. The van der Waals surface area contributed by atoms with Gasteiger partial charge < -0.3 is 14.8 Å². The van der Waals surface area contributed by atoms with Gasteiger partial charge in [-0.1, -0.05) is 0 Å². The number of nitrogens with zero attached hydrogens (tertiary/aromatic N) is 4. The zero-order chi connectivity index (χ0) is 21.8. The van der Waals surface area contributed by atoms with Crippen LogP contribution in [0.5, 0.6) is 0 Å². The fourth-order valence-corrected chi connectivity index (χ4v) is 2.70. The predicted molar refractivity (Wildman–Crippen MR) is 113 cm³/mol. The number of nitrogens with one attached hydrogen (secondary N) is 1. The van der Waals surface area contributed by atoms with Crippen molar-refractivity contribution in [2.45, 2.75) is 59.2 Å². The standard InChI is InChI=1S/C19H28BrN5O4/c1-18(2,3)28-16(26)21-9-7-10-24(17(27)29-19(4,5)6)14-8-11-25-15(23-14)13(20)12-22-25/h8,11-12H,7,9-10H2,1-6H3,(H,21,26). The molecule has 0 spiro atoms. The summed E-state index contributed by atoms with van der Waals surface area (Å²) in [4.78, 5) is 30.5. The molecule has 0 radical (unpaired) electrons. The summed E-state index contributed by atoms with van der Waals surface area (Å²) in [6.45, 7) is 11.5. The molecule has 2 amide bonds. The van der Waals surface area contributed by atoms with Crippen molar-refractivity contribution in [2.75, 3.05) is 18.0 Å². The van der Waals surface area contributed by atoms with Crippen molar-refractivity contribution < 1.29 is 19.1 Å². The monoisotopic (exact) mass is 469 g/mol. The summed E-state index contributed by atoms with van der Waals surface area (Å²) in [5, 5.41) is 6.84. The van der Waals surface area contributed by atoms with E-state index in [0.29, 0.717) is 31.0 Å². The van der Waals surface area contributed by atoms with Crippen LogP contribution in [0.2, 0.25) is 0 Å². The lowest BCUT2D eigenvalue weighted by Crippen LogP contribution is -2.39. The van der Waals surface area contributed by atoms with E-state index < -0.39 is 23.4 Å². The van der Waals surface area contributed by atoms with Crippen LogP contribution in [-0.4, -0.2) is 51.1 Å². The van der Waals surface area contributed by atoms with Crippen molar-refractivity contribution in [3.05, 3.63) is 22.9 Å². The summed E-state index contributed by atoms with van der Waals surface area (Å²) in [6.07, 6.45) is 2.84. The van der Waals surface area contributed by atoms with E-state index in [-0.39, 0.29) is 0 Å². The third-order valence-corrected chi connectivity index (χ3v) is 3.99. The highest BCUT2D eigenvalue weighted by molar-refractivity contribution is 9.10. The van der Waals surface area contributed by atoms with Crippen LogP contribution in [0.25, 0.3) is 5.65 Å². The average molecular weight is 470 g/mol. The molecule has 0 aliphatic rings. The Balaban J connectivity index is 2.09. The Morgan fingerprint density at radius 2 is 1.83 bits per heavy atom. The van der Waals surface area contributed by atoms with E-state index in [1.807, 2.05) is 0 Å². The van der Waals surface area contributed by atoms with Crippen molar-refractivity contribution in [3.8, 4) is 0 Å². The average Bonchev–Trinajstić information content (AvgIpc) is 2.92. The van der Waals surface area contributed by atoms with Crippen LogP contribution in [-0.2, 0) is 9.47 Å². The molecule has 0 saturated carbocycles. The predicted octanol–water partition coefficient (Wildman–Crippen LogP) is 4.15. The number of fused-ring (bicyclic) bond motifs is 1. The molecule has 0 fully saturated rings. The molecule has 0 aromatic carbocycles. The van der Waals surface area contributed by atoms with Gasteiger partial charge in [-0.25, -0.2) is 19.1 Å². The van der Waals surface area contributed by atoms with E-state index >= 15 is 0 Å². The van der Waals surface area contributed by atoms with Crippen LogP contribution in [0.1, 0.15) is 48.0 Å². The number of rotatable bonds is 5. The third kappa shape index (κ3) is 7.19. The van der Waals surface area contributed by atoms with E-state index in [9.17, 15) is 9.59 Å². The molecule has 0 unspecified atom stereocenters. The maximum Gasteiger partial charge on any atom is 0.416 e. The molecule has 0 saturated heterocycles. The Hall–Kier alpha value is -2.36. The summed E-state index contributed by atoms with van der Waals surface area (Å²) in [7, 11) is 0. The van der Waals surface area contributed by atoms with Gasteiger partial charge >= 0.3 is 12.2 Å². The first kappa shape index (κ1) is 22.9. The second-order valence-electron chi connectivity index (χ2n) is 8.46. The highest BCUT2D eigenvalue weighted by Gasteiger charge is 2.25. The van der Waals surface area contributed by atoms with Gasteiger partial charge in [0.15, 0.2) is 5.65 Å². The number of amides is 2. The SMILES string of the molecule is CC(C)(C)OC(=O)NCCCN(C(=O)OC(C)(C)C)c1ccn2ncc(Br)c2n1. The van der Waals surface area contributed by atoms with Crippen molar-refractivity contribution in [1.29, 1.82) is 0 Å². The second kappa shape index (κ2) is 8.98. The lowest BCUT2D eigenvalue weighted by Gasteiger charge is -2.27. The van der Waals surface area contributed by atoms with E-state index in [4.69, 9.17) is 9.47 Å². The number of hydrogen-bond donors (Lipinski definition) is 1. The van der Waals surface area contributed by atoms with Crippen molar-refractivity contribution in [2.24, 2.45) is 0 Å². The van der Waals surface area contributed by atoms with Crippen molar-refractivity contribution in [1.82, 2.24) is 19.9 Å². The van der Waals surface area contributed by atoms with Gasteiger partial charge in [0.2, 0.25) is 0 Å². The number of ether oxygens (including phenoxy) is 2. The molecular formula is C19H28BrN5O4. The van der Waals surface area contributed by atoms with Gasteiger partial charge in [0, 0.05) is 19.3 Å². The minimum absolute atomic E-state index is 0.305. The first-order valence-corrected chi connectivity index (χ1v) is 10.1. The molecule has 0 aliphatic carbocycles. The number of alkyl carbamates (subject to hydrolysis) is 1. The van der Waals surface area contributed by atoms with Gasteiger partial charge in [-0.05, 0) is 70.0 Å². The second-order valence-corrected chi connectivity index (χ2v) is 9.31. The fourth-order valence-electron chi connectivity index (χ4n) is 2.34. The van der Waals surface area contributed by atoms with Crippen molar-refractivity contribution >= 4 is 39.6 Å². The minimum Gasteiger partial charge on any atom is -0.444 e. The number of carbonyl (C=O) groups excluding carboxylic acids is 2. The Kier molecular flexibility index (Phi) is 7.10. The molecule has 2 aromatic rings. The zero-order valence-electron chi connectivity index (χ0n) is 17.7. The van der Waals surface area contributed by atoms with E-state index in [0.717, 1.165) is 4.47 Å². The Labute approximate surface area is 178 Å². The number of halogens is 1. The molecular weight excluding hydrogens is 442 g/mol. The largest absolute Gasteiger partial charge is 0.444 e. The van der Waals surface area contributed by atoms with Crippen LogP contribution in [0.4, 0.5) is 15.4 Å². The topological polar surface area (TPSA) is 98.1 Å². The molecule has 10 heteroatoms. The molecule has 0 atom stereocenters. The van der Waals surface area contributed by atoms with Crippen LogP contribution < -0.4 is 10.2 Å². The molecule has 2 heterocycles.